The SMILES string of the molecule is Cc1c(C(=O)N2CCC[C@H]2CO)sc2ncnc(N3CCCCCCC3)c12. The van der Waals surface area contributed by atoms with E-state index in [4.69, 9.17) is 0 Å². The number of carbonyl (C=O) groups excluding carboxylic acids is 1. The highest BCUT2D eigenvalue weighted by Crippen LogP contribution is 2.37. The maximum atomic E-state index is 13.2. The van der Waals surface area contributed by atoms with Crippen molar-refractivity contribution in [2.75, 3.05) is 31.1 Å². The fraction of sp³-hybridized carbons (Fsp3) is 0.650. The van der Waals surface area contributed by atoms with Crippen LogP contribution in [0.2, 0.25) is 0 Å². The van der Waals surface area contributed by atoms with Crippen LogP contribution in [0.3, 0.4) is 0 Å². The maximum absolute atomic E-state index is 13.2. The van der Waals surface area contributed by atoms with Gasteiger partial charge in [-0.3, -0.25) is 4.79 Å². The van der Waals surface area contributed by atoms with E-state index in [0.29, 0.717) is 0 Å². The lowest BCUT2D eigenvalue weighted by Gasteiger charge is -2.26. The van der Waals surface area contributed by atoms with Gasteiger partial charge in [0.2, 0.25) is 0 Å². The standard InChI is InChI=1S/C20H28N4O2S/c1-14-16-18(23-9-5-3-2-4-6-10-23)21-13-22-19(16)27-17(14)20(26)24-11-7-8-15(24)12-25/h13,15,25H,2-12H2,1H3/t15-/m0/s1. The second-order valence-corrected chi connectivity index (χ2v) is 8.66. The Kier molecular flexibility index (Phi) is 5.59. The highest BCUT2D eigenvalue weighted by molar-refractivity contribution is 7.20. The monoisotopic (exact) mass is 388 g/mol. The Bertz CT molecular complexity index is 814. The van der Waals surface area contributed by atoms with Gasteiger partial charge in [0.05, 0.1) is 22.9 Å². The Morgan fingerprint density at radius 1 is 1.15 bits per heavy atom. The molecule has 0 bridgehead atoms. The van der Waals surface area contributed by atoms with Crippen LogP contribution in [0, 0.1) is 6.92 Å². The summed E-state index contributed by atoms with van der Waals surface area (Å²) >= 11 is 1.47. The number of nitrogens with zero attached hydrogens (tertiary/aromatic N) is 4. The quantitative estimate of drug-likeness (QED) is 0.873. The van der Waals surface area contributed by atoms with Crippen LogP contribution in [0.25, 0.3) is 10.2 Å². The summed E-state index contributed by atoms with van der Waals surface area (Å²) < 4.78 is 0. The smallest absolute Gasteiger partial charge is 0.264 e. The van der Waals surface area contributed by atoms with Crippen molar-refractivity contribution < 1.29 is 9.90 Å². The molecule has 0 aliphatic carbocycles. The molecule has 146 valence electrons. The van der Waals surface area contributed by atoms with Gasteiger partial charge < -0.3 is 14.9 Å². The van der Waals surface area contributed by atoms with Gasteiger partial charge in [0.15, 0.2) is 0 Å². The van der Waals surface area contributed by atoms with Crippen molar-refractivity contribution in [3.05, 3.63) is 16.8 Å². The fourth-order valence-corrected chi connectivity index (χ4v) is 5.48. The van der Waals surface area contributed by atoms with E-state index in [1.165, 1.54) is 43.4 Å². The number of hydrogen-bond acceptors (Lipinski definition) is 6. The molecule has 2 saturated heterocycles. The number of aliphatic hydroxyl groups excluding tert-OH is 1. The molecule has 0 aromatic carbocycles. The average molecular weight is 389 g/mol. The van der Waals surface area contributed by atoms with Crippen molar-refractivity contribution in [1.29, 1.82) is 0 Å². The van der Waals surface area contributed by atoms with Crippen LogP contribution in [-0.4, -0.2) is 58.2 Å². The summed E-state index contributed by atoms with van der Waals surface area (Å²) in [5, 5.41) is 10.6. The first-order valence-electron chi connectivity index (χ1n) is 10.1. The highest BCUT2D eigenvalue weighted by Gasteiger charge is 2.32. The normalized spacial score (nSPS) is 21.5. The third kappa shape index (κ3) is 3.55. The molecule has 4 heterocycles. The highest BCUT2D eigenvalue weighted by atomic mass is 32.1. The number of aromatic nitrogens is 2. The van der Waals surface area contributed by atoms with Crippen molar-refractivity contribution in [2.24, 2.45) is 0 Å². The molecule has 0 radical (unpaired) electrons. The van der Waals surface area contributed by atoms with E-state index >= 15 is 0 Å². The first kappa shape index (κ1) is 18.6. The zero-order valence-electron chi connectivity index (χ0n) is 16.0. The molecular weight excluding hydrogens is 360 g/mol. The van der Waals surface area contributed by atoms with Crippen LogP contribution in [0.1, 0.15) is 60.2 Å². The number of carbonyl (C=O) groups is 1. The van der Waals surface area contributed by atoms with Crippen LogP contribution < -0.4 is 4.90 Å². The Morgan fingerprint density at radius 2 is 1.89 bits per heavy atom. The van der Waals surface area contributed by atoms with Gasteiger partial charge in [-0.05, 0) is 38.2 Å². The number of rotatable bonds is 3. The van der Waals surface area contributed by atoms with E-state index in [1.807, 2.05) is 11.8 Å². The number of likely N-dealkylation sites (tertiary alicyclic amines) is 1. The van der Waals surface area contributed by atoms with Crippen molar-refractivity contribution >= 4 is 33.3 Å². The summed E-state index contributed by atoms with van der Waals surface area (Å²) in [6, 6.07) is -0.0537. The number of aryl methyl sites for hydroxylation is 1. The number of fused-ring (bicyclic) bond motifs is 1. The molecule has 2 aliphatic heterocycles. The van der Waals surface area contributed by atoms with Crippen molar-refractivity contribution in [3.8, 4) is 0 Å². The van der Waals surface area contributed by atoms with Gasteiger partial charge in [-0.15, -0.1) is 11.3 Å². The molecule has 0 unspecified atom stereocenters. The van der Waals surface area contributed by atoms with Gasteiger partial charge in [0, 0.05) is 19.6 Å². The summed E-state index contributed by atoms with van der Waals surface area (Å²) in [4.78, 5) is 28.1. The molecule has 1 N–H and O–H groups in total. The number of amides is 1. The van der Waals surface area contributed by atoms with E-state index in [1.54, 1.807) is 6.33 Å². The van der Waals surface area contributed by atoms with Gasteiger partial charge in [0.1, 0.15) is 17.0 Å². The maximum Gasteiger partial charge on any atom is 0.264 e. The lowest BCUT2D eigenvalue weighted by atomic mass is 10.1. The van der Waals surface area contributed by atoms with Crippen molar-refractivity contribution in [3.63, 3.8) is 0 Å². The molecule has 6 nitrogen and oxygen atoms in total. The van der Waals surface area contributed by atoms with Crippen LogP contribution in [0.4, 0.5) is 5.82 Å². The van der Waals surface area contributed by atoms with Crippen LogP contribution in [0.5, 0.6) is 0 Å². The summed E-state index contributed by atoms with van der Waals surface area (Å²) in [5.74, 6) is 1.01. The minimum absolute atomic E-state index is 0.0330. The molecule has 2 aromatic rings. The zero-order valence-corrected chi connectivity index (χ0v) is 16.8. The summed E-state index contributed by atoms with van der Waals surface area (Å²) in [6.45, 7) is 4.82. The first-order chi connectivity index (χ1) is 13.2. The Morgan fingerprint density at radius 3 is 2.63 bits per heavy atom. The summed E-state index contributed by atoms with van der Waals surface area (Å²) in [7, 11) is 0. The predicted molar refractivity (Wildman–Crippen MR) is 109 cm³/mol. The zero-order chi connectivity index (χ0) is 18.8. The second kappa shape index (κ2) is 8.10. The van der Waals surface area contributed by atoms with Gasteiger partial charge in [0.25, 0.3) is 5.91 Å². The number of thiophene rings is 1. The second-order valence-electron chi connectivity index (χ2n) is 7.67. The fourth-order valence-electron chi connectivity index (χ4n) is 4.38. The van der Waals surface area contributed by atoms with Gasteiger partial charge in [-0.1, -0.05) is 19.3 Å². The molecule has 2 aromatic heterocycles. The summed E-state index contributed by atoms with van der Waals surface area (Å²) in [5.41, 5.74) is 0.987. The molecule has 2 fully saturated rings. The van der Waals surface area contributed by atoms with E-state index in [9.17, 15) is 9.90 Å². The number of aliphatic hydroxyl groups is 1. The van der Waals surface area contributed by atoms with Crippen molar-refractivity contribution in [2.45, 2.75) is 57.9 Å². The third-order valence-corrected chi connectivity index (χ3v) is 7.09. The van der Waals surface area contributed by atoms with E-state index in [2.05, 4.69) is 14.9 Å². The molecule has 0 spiro atoms. The topological polar surface area (TPSA) is 69.6 Å². The van der Waals surface area contributed by atoms with Crippen LogP contribution in [0.15, 0.2) is 6.33 Å². The molecule has 27 heavy (non-hydrogen) atoms. The largest absolute Gasteiger partial charge is 0.394 e. The Labute approximate surface area is 164 Å². The van der Waals surface area contributed by atoms with Gasteiger partial charge >= 0.3 is 0 Å². The van der Waals surface area contributed by atoms with E-state index in [0.717, 1.165) is 59.0 Å². The molecule has 2 aliphatic rings. The number of anilines is 1. The minimum atomic E-state index is -0.0537. The molecule has 0 saturated carbocycles. The molecule has 1 atom stereocenters. The van der Waals surface area contributed by atoms with Gasteiger partial charge in [-0.2, -0.15) is 0 Å². The van der Waals surface area contributed by atoms with E-state index < -0.39 is 0 Å². The predicted octanol–water partition coefficient (Wildman–Crippen LogP) is 3.37. The van der Waals surface area contributed by atoms with Gasteiger partial charge in [-0.25, -0.2) is 9.97 Å². The summed E-state index contributed by atoms with van der Waals surface area (Å²) in [6.07, 6.45) is 9.71. The first-order valence-corrected chi connectivity index (χ1v) is 10.9. The Balaban J connectivity index is 1.70. The molecule has 4 rings (SSSR count). The van der Waals surface area contributed by atoms with Crippen LogP contribution >= 0.6 is 11.3 Å². The number of hydrogen-bond donors (Lipinski definition) is 1. The lowest BCUT2D eigenvalue weighted by Crippen LogP contribution is -2.37. The van der Waals surface area contributed by atoms with Crippen molar-refractivity contribution in [1.82, 2.24) is 14.9 Å². The Hall–Kier alpha value is -1.73. The molecule has 7 heteroatoms. The lowest BCUT2D eigenvalue weighted by molar-refractivity contribution is 0.0682. The van der Waals surface area contributed by atoms with Crippen LogP contribution in [-0.2, 0) is 0 Å². The minimum Gasteiger partial charge on any atom is -0.394 e. The molecular formula is C20H28N4O2S. The van der Waals surface area contributed by atoms with E-state index in [-0.39, 0.29) is 18.6 Å². The average Bonchev–Trinajstić information content (AvgIpc) is 3.26. The molecule has 1 amide bonds. The third-order valence-electron chi connectivity index (χ3n) is 5.91.